The van der Waals surface area contributed by atoms with Crippen LogP contribution in [0.2, 0.25) is 0 Å². The number of hydrogen-bond acceptors (Lipinski definition) is 8. The number of hydrogen-bond donors (Lipinski definition) is 3. The van der Waals surface area contributed by atoms with Crippen LogP contribution in [0.3, 0.4) is 0 Å². The summed E-state index contributed by atoms with van der Waals surface area (Å²) in [5.41, 5.74) is 4.96. The van der Waals surface area contributed by atoms with Crippen LogP contribution in [0.1, 0.15) is 26.2 Å². The second-order valence-electron chi connectivity index (χ2n) is 5.65. The van der Waals surface area contributed by atoms with E-state index in [1.807, 2.05) is 6.26 Å². The third-order valence-electron chi connectivity index (χ3n) is 3.36. The summed E-state index contributed by atoms with van der Waals surface area (Å²) in [5, 5.41) is 13.2. The van der Waals surface area contributed by atoms with Crippen molar-refractivity contribution in [1.82, 2.24) is 15.0 Å². The van der Waals surface area contributed by atoms with E-state index in [2.05, 4.69) is 25.2 Å². The van der Waals surface area contributed by atoms with Gasteiger partial charge in [-0.3, -0.25) is 0 Å². The third kappa shape index (κ3) is 4.89. The van der Waals surface area contributed by atoms with Gasteiger partial charge in [0.15, 0.2) is 0 Å². The molecule has 118 valence electrons. The number of nitrogens with two attached hydrogens (primary N) is 1. The highest BCUT2D eigenvalue weighted by Gasteiger charge is 2.21. The van der Waals surface area contributed by atoms with Crippen LogP contribution in [-0.4, -0.2) is 57.3 Å². The summed E-state index contributed by atoms with van der Waals surface area (Å²) in [4.78, 5) is 14.9. The van der Waals surface area contributed by atoms with Gasteiger partial charge in [0.25, 0.3) is 0 Å². The molecule has 1 saturated heterocycles. The molecule has 0 spiro atoms. The van der Waals surface area contributed by atoms with Crippen LogP contribution >= 0.6 is 11.8 Å². The average molecular weight is 312 g/mol. The number of nitrogens with zero attached hydrogens (tertiary/aromatic N) is 4. The lowest BCUT2D eigenvalue weighted by Gasteiger charge is -2.27. The Balaban J connectivity index is 2.04. The minimum atomic E-state index is -0.813. The highest BCUT2D eigenvalue weighted by Crippen LogP contribution is 2.18. The van der Waals surface area contributed by atoms with Gasteiger partial charge < -0.3 is 21.1 Å². The summed E-state index contributed by atoms with van der Waals surface area (Å²) in [5.74, 6) is 1.88. The number of rotatable bonds is 6. The molecular weight excluding hydrogens is 288 g/mol. The quantitative estimate of drug-likeness (QED) is 0.714. The van der Waals surface area contributed by atoms with Crippen LogP contribution in [0.5, 0.6) is 0 Å². The molecule has 0 radical (unpaired) electrons. The van der Waals surface area contributed by atoms with E-state index in [1.54, 1.807) is 18.7 Å². The Morgan fingerprint density at radius 1 is 1.29 bits per heavy atom. The van der Waals surface area contributed by atoms with Gasteiger partial charge in [-0.2, -0.15) is 26.7 Å². The van der Waals surface area contributed by atoms with Crippen molar-refractivity contribution < 1.29 is 5.11 Å². The topological polar surface area (TPSA) is 100 Å². The second kappa shape index (κ2) is 7.13. The molecule has 7 nitrogen and oxygen atoms in total. The van der Waals surface area contributed by atoms with E-state index in [1.165, 1.54) is 6.42 Å². The normalized spacial score (nSPS) is 18.3. The first-order chi connectivity index (χ1) is 10.00. The van der Waals surface area contributed by atoms with Crippen LogP contribution in [-0.2, 0) is 0 Å². The first-order valence-electron chi connectivity index (χ1n) is 7.22. The highest BCUT2D eigenvalue weighted by atomic mass is 32.2. The number of aliphatic hydroxyl groups is 1. The fraction of sp³-hybridized carbons (Fsp3) is 0.769. The number of nitrogen functional groups attached to an aromatic ring is 1. The van der Waals surface area contributed by atoms with Gasteiger partial charge >= 0.3 is 0 Å². The molecule has 8 heteroatoms. The zero-order valence-corrected chi connectivity index (χ0v) is 13.5. The maximum atomic E-state index is 10.2. The van der Waals surface area contributed by atoms with Crippen molar-refractivity contribution in [3.05, 3.63) is 0 Å². The first kappa shape index (κ1) is 16.1. The molecule has 0 bridgehead atoms. The Hall–Kier alpha value is -1.28. The largest absolute Gasteiger partial charge is 0.387 e. The monoisotopic (exact) mass is 312 g/mol. The van der Waals surface area contributed by atoms with Crippen molar-refractivity contribution in [3.63, 3.8) is 0 Å². The van der Waals surface area contributed by atoms with Gasteiger partial charge in [-0.15, -0.1) is 0 Å². The zero-order valence-electron chi connectivity index (χ0n) is 12.7. The van der Waals surface area contributed by atoms with Crippen LogP contribution in [0.25, 0.3) is 0 Å². The lowest BCUT2D eigenvalue weighted by atomic mass is 10.1. The third-order valence-corrected chi connectivity index (χ3v) is 4.27. The predicted molar refractivity (Wildman–Crippen MR) is 87.8 cm³/mol. The van der Waals surface area contributed by atoms with Crippen LogP contribution in [0, 0.1) is 0 Å². The van der Waals surface area contributed by atoms with E-state index in [9.17, 15) is 5.11 Å². The summed E-state index contributed by atoms with van der Waals surface area (Å²) in [7, 11) is 0. The Morgan fingerprint density at radius 2 is 2.00 bits per heavy atom. The molecule has 0 amide bonds. The molecule has 2 rings (SSSR count). The Morgan fingerprint density at radius 3 is 2.67 bits per heavy atom. The number of nitrogens with one attached hydrogen (secondary N) is 1. The summed E-state index contributed by atoms with van der Waals surface area (Å²) >= 11 is 1.60. The molecule has 0 aromatic carbocycles. The molecule has 1 aliphatic heterocycles. The molecule has 1 aromatic rings. The standard InChI is InChI=1S/C13H24N6OS/c1-13(20,9-21-2)8-15-11-16-10(14)17-12(18-11)19-6-4-3-5-7-19/h20H,3-9H2,1-2H3,(H3,14,15,16,17,18). The molecule has 1 aliphatic rings. The van der Waals surface area contributed by atoms with Gasteiger partial charge in [-0.1, -0.05) is 0 Å². The van der Waals surface area contributed by atoms with E-state index in [0.717, 1.165) is 25.9 Å². The molecule has 21 heavy (non-hydrogen) atoms. The fourth-order valence-corrected chi connectivity index (χ4v) is 3.05. The molecule has 4 N–H and O–H groups in total. The summed E-state index contributed by atoms with van der Waals surface area (Å²) in [6.07, 6.45) is 5.51. The molecule has 1 unspecified atom stereocenters. The number of piperidine rings is 1. The van der Waals surface area contributed by atoms with Crippen molar-refractivity contribution in [1.29, 1.82) is 0 Å². The summed E-state index contributed by atoms with van der Waals surface area (Å²) in [6, 6.07) is 0. The van der Waals surface area contributed by atoms with Gasteiger partial charge in [-0.25, -0.2) is 0 Å². The molecule has 1 fully saturated rings. The summed E-state index contributed by atoms with van der Waals surface area (Å²) in [6.45, 7) is 4.06. The fourth-order valence-electron chi connectivity index (χ4n) is 2.33. The van der Waals surface area contributed by atoms with Crippen molar-refractivity contribution in [2.75, 3.05) is 47.6 Å². The molecular formula is C13H24N6OS. The van der Waals surface area contributed by atoms with Crippen LogP contribution in [0.15, 0.2) is 0 Å². The first-order valence-corrected chi connectivity index (χ1v) is 8.61. The molecule has 2 heterocycles. The number of anilines is 3. The Bertz CT molecular complexity index is 464. The van der Waals surface area contributed by atoms with Gasteiger partial charge in [0.2, 0.25) is 17.8 Å². The SMILES string of the molecule is CSCC(C)(O)CNc1nc(N)nc(N2CCCCC2)n1. The number of aromatic nitrogens is 3. The van der Waals surface area contributed by atoms with Crippen LogP contribution in [0.4, 0.5) is 17.8 Å². The van der Waals surface area contributed by atoms with E-state index in [0.29, 0.717) is 24.2 Å². The maximum Gasteiger partial charge on any atom is 0.231 e. The van der Waals surface area contributed by atoms with Crippen molar-refractivity contribution in [3.8, 4) is 0 Å². The van der Waals surface area contributed by atoms with Gasteiger partial charge in [0.1, 0.15) is 0 Å². The van der Waals surface area contributed by atoms with Gasteiger partial charge in [0, 0.05) is 25.4 Å². The number of thioether (sulfide) groups is 1. The molecule has 1 aromatic heterocycles. The zero-order chi connectivity index (χ0) is 15.3. The van der Waals surface area contributed by atoms with E-state index >= 15 is 0 Å². The van der Waals surface area contributed by atoms with Crippen LogP contribution < -0.4 is 16.0 Å². The van der Waals surface area contributed by atoms with Gasteiger partial charge in [0.05, 0.1) is 5.60 Å². The van der Waals surface area contributed by atoms with Crippen molar-refractivity contribution in [2.45, 2.75) is 31.8 Å². The minimum Gasteiger partial charge on any atom is -0.387 e. The molecule has 0 saturated carbocycles. The lowest BCUT2D eigenvalue weighted by molar-refractivity contribution is 0.0995. The van der Waals surface area contributed by atoms with Crippen molar-refractivity contribution in [2.24, 2.45) is 0 Å². The Labute approximate surface area is 129 Å². The Kier molecular flexibility index (Phi) is 5.46. The second-order valence-corrected chi connectivity index (χ2v) is 6.51. The average Bonchev–Trinajstić information content (AvgIpc) is 2.46. The maximum absolute atomic E-state index is 10.2. The van der Waals surface area contributed by atoms with E-state index < -0.39 is 5.60 Å². The minimum absolute atomic E-state index is 0.206. The van der Waals surface area contributed by atoms with Crippen molar-refractivity contribution >= 4 is 29.6 Å². The lowest BCUT2D eigenvalue weighted by Crippen LogP contribution is -2.37. The smallest absolute Gasteiger partial charge is 0.231 e. The van der Waals surface area contributed by atoms with E-state index in [4.69, 9.17) is 5.73 Å². The van der Waals surface area contributed by atoms with E-state index in [-0.39, 0.29) is 5.95 Å². The van der Waals surface area contributed by atoms with Gasteiger partial charge in [-0.05, 0) is 32.4 Å². The highest BCUT2D eigenvalue weighted by molar-refractivity contribution is 7.98. The predicted octanol–water partition coefficient (Wildman–Crippen LogP) is 0.970. The molecule has 0 aliphatic carbocycles. The molecule has 1 atom stereocenters. The summed E-state index contributed by atoms with van der Waals surface area (Å²) < 4.78 is 0.